The molecule has 6 heteroatoms. The molecular weight excluding hydrogens is 277 g/mol. The molecule has 2 rings (SSSR count). The molecular formula is C13H9F3O2S. The van der Waals surface area contributed by atoms with Gasteiger partial charge in [0.25, 0.3) is 0 Å². The lowest BCUT2D eigenvalue weighted by Crippen LogP contribution is -2.03. The van der Waals surface area contributed by atoms with Crippen molar-refractivity contribution in [3.8, 4) is 10.4 Å². The van der Waals surface area contributed by atoms with Crippen LogP contribution in [-0.2, 0) is 17.4 Å². The third kappa shape index (κ3) is 3.35. The average Bonchev–Trinajstić information content (AvgIpc) is 2.75. The van der Waals surface area contributed by atoms with Crippen LogP contribution in [-0.4, -0.2) is 11.1 Å². The number of hydrogen-bond acceptors (Lipinski definition) is 2. The zero-order valence-electron chi connectivity index (χ0n) is 9.57. The molecule has 0 fully saturated rings. The predicted octanol–water partition coefficient (Wildman–Crippen LogP) is 4.06. The van der Waals surface area contributed by atoms with Crippen molar-refractivity contribution in [3.05, 3.63) is 46.8 Å². The first-order chi connectivity index (χ1) is 8.86. The summed E-state index contributed by atoms with van der Waals surface area (Å²) in [5, 5.41) is 10.3. The van der Waals surface area contributed by atoms with E-state index in [0.717, 1.165) is 17.0 Å². The van der Waals surface area contributed by atoms with Crippen LogP contribution in [0.1, 0.15) is 11.1 Å². The summed E-state index contributed by atoms with van der Waals surface area (Å²) in [5.74, 6) is -0.934. The van der Waals surface area contributed by atoms with Crippen LogP contribution in [0.3, 0.4) is 0 Å². The van der Waals surface area contributed by atoms with Gasteiger partial charge in [-0.1, -0.05) is 12.1 Å². The summed E-state index contributed by atoms with van der Waals surface area (Å²) in [7, 11) is 0. The fourth-order valence-corrected chi connectivity index (χ4v) is 2.54. The molecule has 0 aliphatic heterocycles. The predicted molar refractivity (Wildman–Crippen MR) is 66.1 cm³/mol. The van der Waals surface area contributed by atoms with Gasteiger partial charge in [-0.2, -0.15) is 13.2 Å². The second-order valence-electron chi connectivity index (χ2n) is 3.96. The number of carboxylic acid groups (broad SMARTS) is 1. The minimum absolute atomic E-state index is 0.0862. The molecule has 1 N–H and O–H groups in total. The highest BCUT2D eigenvalue weighted by atomic mass is 32.1. The summed E-state index contributed by atoms with van der Waals surface area (Å²) in [5.41, 5.74) is 0.598. The summed E-state index contributed by atoms with van der Waals surface area (Å²) < 4.78 is 37.2. The molecule has 0 saturated carbocycles. The molecule has 2 nitrogen and oxygen atoms in total. The molecule has 0 saturated heterocycles. The van der Waals surface area contributed by atoms with Crippen molar-refractivity contribution in [1.29, 1.82) is 0 Å². The van der Waals surface area contributed by atoms with Crippen LogP contribution in [0.5, 0.6) is 0 Å². The van der Waals surface area contributed by atoms with Gasteiger partial charge in [-0.25, -0.2) is 0 Å². The zero-order valence-corrected chi connectivity index (χ0v) is 10.4. The van der Waals surface area contributed by atoms with Crippen LogP contribution < -0.4 is 0 Å². The fourth-order valence-electron chi connectivity index (χ4n) is 1.62. The van der Waals surface area contributed by atoms with E-state index >= 15 is 0 Å². The van der Waals surface area contributed by atoms with Gasteiger partial charge in [-0.3, -0.25) is 4.79 Å². The van der Waals surface area contributed by atoms with E-state index in [2.05, 4.69) is 0 Å². The number of benzene rings is 1. The first-order valence-corrected chi connectivity index (χ1v) is 6.21. The van der Waals surface area contributed by atoms with E-state index in [1.807, 2.05) is 0 Å². The van der Waals surface area contributed by atoms with Crippen molar-refractivity contribution in [1.82, 2.24) is 0 Å². The Kier molecular flexibility index (Phi) is 3.61. The molecule has 0 bridgehead atoms. The van der Waals surface area contributed by atoms with Gasteiger partial charge in [0.1, 0.15) is 0 Å². The summed E-state index contributed by atoms with van der Waals surface area (Å²) in [6.07, 6.45) is -4.43. The summed E-state index contributed by atoms with van der Waals surface area (Å²) in [6, 6.07) is 6.50. The average molecular weight is 286 g/mol. The van der Waals surface area contributed by atoms with Crippen molar-refractivity contribution in [3.63, 3.8) is 0 Å². The van der Waals surface area contributed by atoms with Gasteiger partial charge in [-0.05, 0) is 34.7 Å². The van der Waals surface area contributed by atoms with Crippen molar-refractivity contribution >= 4 is 17.3 Å². The van der Waals surface area contributed by atoms with Crippen molar-refractivity contribution in [2.45, 2.75) is 12.6 Å². The first-order valence-electron chi connectivity index (χ1n) is 5.33. The van der Waals surface area contributed by atoms with Gasteiger partial charge in [0.2, 0.25) is 0 Å². The number of aliphatic carboxylic acids is 1. The van der Waals surface area contributed by atoms with E-state index in [4.69, 9.17) is 5.11 Å². The van der Waals surface area contributed by atoms with Crippen molar-refractivity contribution in [2.75, 3.05) is 0 Å². The number of halogens is 3. The Hall–Kier alpha value is -1.82. The molecule has 1 heterocycles. The van der Waals surface area contributed by atoms with E-state index in [0.29, 0.717) is 11.1 Å². The maximum absolute atomic E-state index is 12.4. The molecule has 0 unspecified atom stereocenters. The Labute approximate surface area is 111 Å². The number of carbonyl (C=O) groups is 1. The molecule has 100 valence electrons. The normalized spacial score (nSPS) is 11.5. The maximum Gasteiger partial charge on any atom is 0.416 e. The molecule has 0 aliphatic carbocycles. The Bertz CT molecular complexity index is 585. The Morgan fingerprint density at radius 1 is 1.21 bits per heavy atom. The SMILES string of the molecule is O=C(O)Cc1csc(-c2ccc(C(F)(F)F)cc2)c1. The lowest BCUT2D eigenvalue weighted by Gasteiger charge is -2.06. The molecule has 1 aromatic heterocycles. The molecule has 19 heavy (non-hydrogen) atoms. The largest absolute Gasteiger partial charge is 0.481 e. The maximum atomic E-state index is 12.4. The minimum atomic E-state index is -4.34. The van der Waals surface area contributed by atoms with Crippen molar-refractivity contribution in [2.24, 2.45) is 0 Å². The molecule has 0 spiro atoms. The van der Waals surface area contributed by atoms with Crippen LogP contribution in [0.15, 0.2) is 35.7 Å². The van der Waals surface area contributed by atoms with E-state index in [9.17, 15) is 18.0 Å². The van der Waals surface area contributed by atoms with Gasteiger partial charge >= 0.3 is 12.1 Å². The molecule has 0 aliphatic rings. The first kappa shape index (κ1) is 13.6. The van der Waals surface area contributed by atoms with Crippen LogP contribution in [0.4, 0.5) is 13.2 Å². The summed E-state index contributed by atoms with van der Waals surface area (Å²) in [4.78, 5) is 11.3. The number of rotatable bonds is 3. The second-order valence-corrected chi connectivity index (χ2v) is 4.88. The van der Waals surface area contributed by atoms with E-state index in [1.54, 1.807) is 11.4 Å². The van der Waals surface area contributed by atoms with E-state index < -0.39 is 17.7 Å². The van der Waals surface area contributed by atoms with Crippen molar-refractivity contribution < 1.29 is 23.1 Å². The monoisotopic (exact) mass is 286 g/mol. The van der Waals surface area contributed by atoms with E-state index in [-0.39, 0.29) is 6.42 Å². The number of alkyl halides is 3. The van der Waals surface area contributed by atoms with Gasteiger partial charge in [0, 0.05) is 4.88 Å². The third-order valence-corrected chi connectivity index (χ3v) is 3.53. The highest BCUT2D eigenvalue weighted by Crippen LogP contribution is 2.32. The van der Waals surface area contributed by atoms with Crippen LogP contribution in [0.25, 0.3) is 10.4 Å². The highest BCUT2D eigenvalue weighted by molar-refractivity contribution is 7.13. The van der Waals surface area contributed by atoms with Gasteiger partial charge < -0.3 is 5.11 Å². The Morgan fingerprint density at radius 3 is 2.37 bits per heavy atom. The summed E-state index contributed by atoms with van der Waals surface area (Å²) >= 11 is 1.31. The Morgan fingerprint density at radius 2 is 1.84 bits per heavy atom. The molecule has 0 radical (unpaired) electrons. The Balaban J connectivity index is 2.23. The quantitative estimate of drug-likeness (QED) is 0.923. The van der Waals surface area contributed by atoms with Gasteiger partial charge in [0.05, 0.1) is 12.0 Å². The standard InChI is InChI=1S/C13H9F3O2S/c14-13(15,16)10-3-1-9(2-4-10)11-5-8(7-19-11)6-12(17)18/h1-5,7H,6H2,(H,17,18). The van der Waals surface area contributed by atoms with Crippen LogP contribution in [0, 0.1) is 0 Å². The van der Waals surface area contributed by atoms with Crippen LogP contribution >= 0.6 is 11.3 Å². The molecule has 0 amide bonds. The lowest BCUT2D eigenvalue weighted by molar-refractivity contribution is -0.138. The molecule has 1 aromatic carbocycles. The fraction of sp³-hybridized carbons (Fsp3) is 0.154. The number of hydrogen-bond donors (Lipinski definition) is 1. The topological polar surface area (TPSA) is 37.3 Å². The van der Waals surface area contributed by atoms with Gasteiger partial charge in [0.15, 0.2) is 0 Å². The summed E-state index contributed by atoms with van der Waals surface area (Å²) in [6.45, 7) is 0. The van der Waals surface area contributed by atoms with Gasteiger partial charge in [-0.15, -0.1) is 11.3 Å². The van der Waals surface area contributed by atoms with Crippen LogP contribution in [0.2, 0.25) is 0 Å². The molecule has 2 aromatic rings. The number of carboxylic acids is 1. The second kappa shape index (κ2) is 5.05. The lowest BCUT2D eigenvalue weighted by atomic mass is 10.1. The molecule has 0 atom stereocenters. The third-order valence-electron chi connectivity index (χ3n) is 2.51. The highest BCUT2D eigenvalue weighted by Gasteiger charge is 2.29. The smallest absolute Gasteiger partial charge is 0.416 e. The minimum Gasteiger partial charge on any atom is -0.481 e. The zero-order chi connectivity index (χ0) is 14.0. The van der Waals surface area contributed by atoms with E-state index in [1.165, 1.54) is 23.5 Å². The number of thiophene rings is 1.